The van der Waals surface area contributed by atoms with Crippen molar-refractivity contribution in [1.82, 2.24) is 10.2 Å². The highest BCUT2D eigenvalue weighted by Gasteiger charge is 2.29. The maximum atomic E-state index is 5.88. The van der Waals surface area contributed by atoms with Gasteiger partial charge in [-0.3, -0.25) is 4.90 Å². The minimum Gasteiger partial charge on any atom is -0.493 e. The first-order valence-electron chi connectivity index (χ1n) is 7.88. The van der Waals surface area contributed by atoms with E-state index in [4.69, 9.17) is 4.74 Å². The van der Waals surface area contributed by atoms with E-state index in [1.165, 1.54) is 22.0 Å². The summed E-state index contributed by atoms with van der Waals surface area (Å²) in [5, 5.41) is 3.65. The quantitative estimate of drug-likeness (QED) is 0.883. The molecule has 0 aliphatic carbocycles. The van der Waals surface area contributed by atoms with E-state index in [2.05, 4.69) is 59.1 Å². The molecule has 1 fully saturated rings. The third kappa shape index (κ3) is 3.43. The summed E-state index contributed by atoms with van der Waals surface area (Å²) >= 11 is 3.65. The molecule has 1 aromatic carbocycles. The summed E-state index contributed by atoms with van der Waals surface area (Å²) < 4.78 is 7.05. The van der Waals surface area contributed by atoms with Crippen LogP contribution in [-0.2, 0) is 13.0 Å². The van der Waals surface area contributed by atoms with Crippen LogP contribution < -0.4 is 10.1 Å². The smallest absolute Gasteiger partial charge is 0.127 e. The van der Waals surface area contributed by atoms with Crippen LogP contribution in [0.5, 0.6) is 5.75 Å². The highest BCUT2D eigenvalue weighted by atomic mass is 79.9. The lowest BCUT2D eigenvalue weighted by Crippen LogP contribution is -2.47. The number of ether oxygens (including phenoxy) is 1. The third-order valence-electron chi connectivity index (χ3n) is 4.59. The topological polar surface area (TPSA) is 24.5 Å². The molecule has 0 radical (unpaired) electrons. The fourth-order valence-electron chi connectivity index (χ4n) is 3.42. The second-order valence-electron chi connectivity index (χ2n) is 7.00. The molecule has 0 saturated carbocycles. The summed E-state index contributed by atoms with van der Waals surface area (Å²) in [6.07, 6.45) is 2.23. The second kappa shape index (κ2) is 5.90. The molecule has 2 aliphatic rings. The highest BCUT2D eigenvalue weighted by molar-refractivity contribution is 9.10. The van der Waals surface area contributed by atoms with Gasteiger partial charge >= 0.3 is 0 Å². The SMILES string of the molecule is CC1CCNC(C)(C)CN1Cc1cc(Br)cc2c1OCC2. The fourth-order valence-corrected chi connectivity index (χ4v) is 3.97. The van der Waals surface area contributed by atoms with Crippen LogP contribution in [0.25, 0.3) is 0 Å². The maximum Gasteiger partial charge on any atom is 0.127 e. The van der Waals surface area contributed by atoms with Crippen molar-refractivity contribution in [3.05, 3.63) is 27.7 Å². The molecule has 1 atom stereocenters. The zero-order valence-electron chi connectivity index (χ0n) is 13.2. The van der Waals surface area contributed by atoms with E-state index >= 15 is 0 Å². The second-order valence-corrected chi connectivity index (χ2v) is 7.92. The van der Waals surface area contributed by atoms with Crippen molar-refractivity contribution in [3.63, 3.8) is 0 Å². The van der Waals surface area contributed by atoms with Gasteiger partial charge in [-0.2, -0.15) is 0 Å². The first-order valence-corrected chi connectivity index (χ1v) is 8.67. The van der Waals surface area contributed by atoms with Gasteiger partial charge in [-0.15, -0.1) is 0 Å². The number of hydrogen-bond donors (Lipinski definition) is 1. The van der Waals surface area contributed by atoms with Gasteiger partial charge in [0.2, 0.25) is 0 Å². The monoisotopic (exact) mass is 352 g/mol. The van der Waals surface area contributed by atoms with Crippen molar-refractivity contribution in [1.29, 1.82) is 0 Å². The van der Waals surface area contributed by atoms with Gasteiger partial charge < -0.3 is 10.1 Å². The van der Waals surface area contributed by atoms with Gasteiger partial charge in [-0.05, 0) is 51.4 Å². The largest absolute Gasteiger partial charge is 0.493 e. The molecular weight excluding hydrogens is 328 g/mol. The number of halogens is 1. The Kier molecular flexibility index (Phi) is 4.30. The normalized spacial score (nSPS) is 25.2. The van der Waals surface area contributed by atoms with Crippen LogP contribution in [0.1, 0.15) is 38.3 Å². The predicted molar refractivity (Wildman–Crippen MR) is 89.9 cm³/mol. The standard InChI is InChI=1S/C17H25BrN2O/c1-12-4-6-19-17(2,3)11-20(12)10-14-9-15(18)8-13-5-7-21-16(13)14/h8-9,12,19H,4-7,10-11H2,1-3H3. The minimum absolute atomic E-state index is 0.167. The minimum atomic E-state index is 0.167. The Labute approximate surface area is 136 Å². The van der Waals surface area contributed by atoms with E-state index in [0.717, 1.165) is 38.4 Å². The van der Waals surface area contributed by atoms with E-state index in [1.807, 2.05) is 0 Å². The van der Waals surface area contributed by atoms with Gasteiger partial charge in [0.1, 0.15) is 5.75 Å². The molecule has 1 unspecified atom stereocenters. The highest BCUT2D eigenvalue weighted by Crippen LogP contribution is 2.34. The molecule has 0 bridgehead atoms. The zero-order valence-corrected chi connectivity index (χ0v) is 14.8. The lowest BCUT2D eigenvalue weighted by atomic mass is 10.0. The lowest BCUT2D eigenvalue weighted by Gasteiger charge is -2.33. The number of rotatable bonds is 2. The molecule has 116 valence electrons. The Hall–Kier alpha value is -0.580. The Balaban J connectivity index is 1.85. The molecule has 21 heavy (non-hydrogen) atoms. The number of nitrogens with zero attached hydrogens (tertiary/aromatic N) is 1. The van der Waals surface area contributed by atoms with Crippen molar-refractivity contribution in [3.8, 4) is 5.75 Å². The summed E-state index contributed by atoms with van der Waals surface area (Å²) in [4.78, 5) is 2.59. The first kappa shape index (κ1) is 15.3. The average molecular weight is 353 g/mol. The Bertz CT molecular complexity index is 530. The molecule has 4 heteroatoms. The van der Waals surface area contributed by atoms with Crippen molar-refractivity contribution < 1.29 is 4.74 Å². The van der Waals surface area contributed by atoms with Crippen LogP contribution in [0.3, 0.4) is 0 Å². The van der Waals surface area contributed by atoms with Crippen LogP contribution in [-0.4, -0.2) is 36.2 Å². The van der Waals surface area contributed by atoms with E-state index in [-0.39, 0.29) is 5.54 Å². The molecule has 3 rings (SSSR count). The molecule has 3 nitrogen and oxygen atoms in total. The van der Waals surface area contributed by atoms with Crippen LogP contribution in [0.15, 0.2) is 16.6 Å². The van der Waals surface area contributed by atoms with Crippen molar-refractivity contribution in [2.75, 3.05) is 19.7 Å². The molecular formula is C17H25BrN2O. The van der Waals surface area contributed by atoms with Gasteiger partial charge in [-0.1, -0.05) is 15.9 Å². The average Bonchev–Trinajstić information content (AvgIpc) is 2.80. The number of hydrogen-bond acceptors (Lipinski definition) is 3. The maximum absolute atomic E-state index is 5.88. The Morgan fingerprint density at radius 2 is 2.24 bits per heavy atom. The molecule has 0 amide bonds. The number of nitrogens with one attached hydrogen (secondary N) is 1. The Morgan fingerprint density at radius 1 is 1.43 bits per heavy atom. The van der Waals surface area contributed by atoms with Gasteiger partial charge in [0.05, 0.1) is 6.61 Å². The first-order chi connectivity index (χ1) is 9.94. The van der Waals surface area contributed by atoms with E-state index in [0.29, 0.717) is 6.04 Å². The summed E-state index contributed by atoms with van der Waals surface area (Å²) in [6.45, 7) is 10.9. The van der Waals surface area contributed by atoms with E-state index in [9.17, 15) is 0 Å². The predicted octanol–water partition coefficient (Wildman–Crippen LogP) is 3.35. The number of benzene rings is 1. The van der Waals surface area contributed by atoms with Crippen LogP contribution in [0.2, 0.25) is 0 Å². The van der Waals surface area contributed by atoms with Crippen LogP contribution in [0.4, 0.5) is 0 Å². The summed E-state index contributed by atoms with van der Waals surface area (Å²) in [5.74, 6) is 1.13. The van der Waals surface area contributed by atoms with E-state index < -0.39 is 0 Å². The molecule has 1 aromatic rings. The van der Waals surface area contributed by atoms with Crippen molar-refractivity contribution >= 4 is 15.9 Å². The zero-order chi connectivity index (χ0) is 15.0. The van der Waals surface area contributed by atoms with Crippen molar-refractivity contribution in [2.24, 2.45) is 0 Å². The summed E-state index contributed by atoms with van der Waals surface area (Å²) in [7, 11) is 0. The van der Waals surface area contributed by atoms with Crippen LogP contribution >= 0.6 is 15.9 Å². The van der Waals surface area contributed by atoms with Crippen molar-refractivity contribution in [2.45, 2.75) is 51.7 Å². The van der Waals surface area contributed by atoms with Gasteiger partial charge in [0.25, 0.3) is 0 Å². The van der Waals surface area contributed by atoms with Gasteiger partial charge in [0.15, 0.2) is 0 Å². The summed E-state index contributed by atoms with van der Waals surface area (Å²) in [5.41, 5.74) is 2.83. The van der Waals surface area contributed by atoms with Gasteiger partial charge in [-0.25, -0.2) is 0 Å². The van der Waals surface area contributed by atoms with Gasteiger partial charge in [0, 0.05) is 41.1 Å². The lowest BCUT2D eigenvalue weighted by molar-refractivity contribution is 0.171. The summed E-state index contributed by atoms with van der Waals surface area (Å²) in [6, 6.07) is 5.01. The third-order valence-corrected chi connectivity index (χ3v) is 5.04. The molecule has 0 spiro atoms. The number of fused-ring (bicyclic) bond motifs is 1. The molecule has 1 saturated heterocycles. The molecule has 2 aliphatic heterocycles. The van der Waals surface area contributed by atoms with E-state index in [1.54, 1.807) is 0 Å². The Morgan fingerprint density at radius 3 is 3.05 bits per heavy atom. The molecule has 0 aromatic heterocycles. The fraction of sp³-hybridized carbons (Fsp3) is 0.647. The molecule has 1 N–H and O–H groups in total. The molecule has 2 heterocycles. The van der Waals surface area contributed by atoms with Crippen LogP contribution in [0, 0.1) is 0 Å².